The van der Waals surface area contributed by atoms with Crippen LogP contribution in [0.3, 0.4) is 0 Å². The van der Waals surface area contributed by atoms with Gasteiger partial charge in [0.2, 0.25) is 5.89 Å². The van der Waals surface area contributed by atoms with E-state index in [4.69, 9.17) is 14.1 Å². The minimum atomic E-state index is -0.313. The summed E-state index contributed by atoms with van der Waals surface area (Å²) in [6, 6.07) is 13.9. The lowest BCUT2D eigenvalue weighted by molar-refractivity contribution is 0.292. The molecule has 3 heterocycles. The number of methoxy groups -OCH3 is 1. The Morgan fingerprint density at radius 2 is 1.97 bits per heavy atom. The molecule has 33 heavy (non-hydrogen) atoms. The van der Waals surface area contributed by atoms with Crippen LogP contribution < -0.4 is 15.2 Å². The molecule has 1 fully saturated rings. The Bertz CT molecular complexity index is 1480. The second kappa shape index (κ2) is 7.66. The molecule has 0 amide bonds. The lowest BCUT2D eigenvalue weighted by Gasteiger charge is -2.39. The Kier molecular flexibility index (Phi) is 4.89. The highest BCUT2D eigenvalue weighted by Crippen LogP contribution is 2.40. The predicted octanol–water partition coefficient (Wildman–Crippen LogP) is 4.43. The van der Waals surface area contributed by atoms with Gasteiger partial charge in [-0.2, -0.15) is 5.26 Å². The first kappa shape index (κ1) is 21.1. The SMILES string of the molecule is COc1cccc2c(N3CCC(C)(c4nc5cc(C)ccc5o4)CC3)c(C#N)c(=O)n(C)c12. The molecule has 1 aliphatic rings. The van der Waals surface area contributed by atoms with Crippen LogP contribution in [0, 0.1) is 18.3 Å². The molecule has 168 valence electrons. The molecule has 0 atom stereocenters. The van der Waals surface area contributed by atoms with E-state index in [1.165, 1.54) is 4.57 Å². The maximum absolute atomic E-state index is 13.1. The fraction of sp³-hybridized carbons (Fsp3) is 0.346. The summed E-state index contributed by atoms with van der Waals surface area (Å²) in [6.07, 6.45) is 1.59. The Morgan fingerprint density at radius 3 is 2.67 bits per heavy atom. The quantitative estimate of drug-likeness (QED) is 0.467. The Balaban J connectivity index is 1.55. The van der Waals surface area contributed by atoms with E-state index in [1.54, 1.807) is 14.2 Å². The number of para-hydroxylation sites is 1. The van der Waals surface area contributed by atoms with E-state index in [9.17, 15) is 10.1 Å². The molecule has 0 radical (unpaired) electrons. The summed E-state index contributed by atoms with van der Waals surface area (Å²) in [6.45, 7) is 5.59. The van der Waals surface area contributed by atoms with Crippen molar-refractivity contribution in [1.29, 1.82) is 5.26 Å². The summed E-state index contributed by atoms with van der Waals surface area (Å²) in [5, 5.41) is 10.7. The first-order valence-electron chi connectivity index (χ1n) is 11.1. The van der Waals surface area contributed by atoms with Crippen LogP contribution in [0.4, 0.5) is 5.69 Å². The van der Waals surface area contributed by atoms with Crippen LogP contribution in [0.25, 0.3) is 22.0 Å². The number of rotatable bonds is 3. The van der Waals surface area contributed by atoms with Crippen LogP contribution in [-0.4, -0.2) is 29.8 Å². The summed E-state index contributed by atoms with van der Waals surface area (Å²) in [4.78, 5) is 20.0. The van der Waals surface area contributed by atoms with Crippen molar-refractivity contribution in [2.24, 2.45) is 7.05 Å². The third-order valence-electron chi connectivity index (χ3n) is 6.92. The van der Waals surface area contributed by atoms with Crippen molar-refractivity contribution in [3.05, 3.63) is 63.8 Å². The molecule has 7 nitrogen and oxygen atoms in total. The number of piperidine rings is 1. The highest BCUT2D eigenvalue weighted by atomic mass is 16.5. The number of nitriles is 1. The third kappa shape index (κ3) is 3.25. The highest BCUT2D eigenvalue weighted by Gasteiger charge is 2.37. The second-order valence-electron chi connectivity index (χ2n) is 9.09. The maximum Gasteiger partial charge on any atom is 0.270 e. The molecule has 5 rings (SSSR count). The van der Waals surface area contributed by atoms with Gasteiger partial charge in [-0.3, -0.25) is 4.79 Å². The number of ether oxygens (including phenoxy) is 1. The minimum Gasteiger partial charge on any atom is -0.495 e. The third-order valence-corrected chi connectivity index (χ3v) is 6.92. The molecule has 0 saturated carbocycles. The van der Waals surface area contributed by atoms with Gasteiger partial charge < -0.3 is 18.6 Å². The number of oxazole rings is 1. The number of hydrogen-bond donors (Lipinski definition) is 0. The summed E-state index contributed by atoms with van der Waals surface area (Å²) >= 11 is 0. The van der Waals surface area contributed by atoms with E-state index in [0.29, 0.717) is 30.0 Å². The van der Waals surface area contributed by atoms with Crippen LogP contribution in [-0.2, 0) is 12.5 Å². The largest absolute Gasteiger partial charge is 0.495 e. The van der Waals surface area contributed by atoms with Gasteiger partial charge in [-0.1, -0.05) is 25.1 Å². The van der Waals surface area contributed by atoms with Gasteiger partial charge in [-0.05, 0) is 43.5 Å². The Labute approximate surface area is 191 Å². The maximum atomic E-state index is 13.1. The Morgan fingerprint density at radius 1 is 1.21 bits per heavy atom. The van der Waals surface area contributed by atoms with Crippen LogP contribution in [0.5, 0.6) is 5.75 Å². The molecule has 0 spiro atoms. The van der Waals surface area contributed by atoms with E-state index < -0.39 is 0 Å². The standard InChI is InChI=1S/C26H26N4O3/c1-16-8-9-20-19(14-16)28-25(33-20)26(2)10-12-30(13-11-26)22-17-6-5-7-21(32-4)23(17)29(3)24(31)18(22)15-27/h5-9,14H,10-13H2,1-4H3. The summed E-state index contributed by atoms with van der Waals surface area (Å²) < 4.78 is 13.2. The number of benzene rings is 2. The van der Waals surface area contributed by atoms with Crippen molar-refractivity contribution < 1.29 is 9.15 Å². The smallest absolute Gasteiger partial charge is 0.270 e. The fourth-order valence-electron chi connectivity index (χ4n) is 4.89. The molecule has 7 heteroatoms. The van der Waals surface area contributed by atoms with Crippen LogP contribution in [0.1, 0.15) is 36.8 Å². The number of hydrogen-bond acceptors (Lipinski definition) is 6. The summed E-state index contributed by atoms with van der Waals surface area (Å²) in [5.74, 6) is 1.36. The zero-order valence-corrected chi connectivity index (χ0v) is 19.3. The topological polar surface area (TPSA) is 84.3 Å². The van der Waals surface area contributed by atoms with Gasteiger partial charge in [0.1, 0.15) is 22.9 Å². The molecule has 2 aromatic heterocycles. The molecular formula is C26H26N4O3. The predicted molar refractivity (Wildman–Crippen MR) is 128 cm³/mol. The van der Waals surface area contributed by atoms with Gasteiger partial charge in [0, 0.05) is 30.9 Å². The van der Waals surface area contributed by atoms with Gasteiger partial charge >= 0.3 is 0 Å². The van der Waals surface area contributed by atoms with Crippen molar-refractivity contribution in [3.8, 4) is 11.8 Å². The molecule has 0 aliphatic carbocycles. The number of aryl methyl sites for hydroxylation is 2. The average molecular weight is 443 g/mol. The zero-order chi connectivity index (χ0) is 23.3. The first-order chi connectivity index (χ1) is 15.9. The van der Waals surface area contributed by atoms with Gasteiger partial charge in [0.25, 0.3) is 5.56 Å². The molecule has 4 aromatic rings. The number of pyridine rings is 1. The monoisotopic (exact) mass is 442 g/mol. The van der Waals surface area contributed by atoms with E-state index in [0.717, 1.165) is 40.8 Å². The lowest BCUT2D eigenvalue weighted by atomic mass is 9.80. The normalized spacial score (nSPS) is 15.7. The van der Waals surface area contributed by atoms with Crippen LogP contribution >= 0.6 is 0 Å². The average Bonchev–Trinajstić information content (AvgIpc) is 3.25. The Hall–Kier alpha value is -3.79. The highest BCUT2D eigenvalue weighted by molar-refractivity contribution is 5.98. The van der Waals surface area contributed by atoms with Gasteiger partial charge in [-0.15, -0.1) is 0 Å². The van der Waals surface area contributed by atoms with Crippen molar-refractivity contribution in [2.45, 2.75) is 32.1 Å². The van der Waals surface area contributed by atoms with Crippen molar-refractivity contribution >= 4 is 27.7 Å². The zero-order valence-electron chi connectivity index (χ0n) is 19.3. The minimum absolute atomic E-state index is 0.166. The van der Waals surface area contributed by atoms with Crippen molar-refractivity contribution in [2.75, 3.05) is 25.1 Å². The molecule has 2 aromatic carbocycles. The fourth-order valence-corrected chi connectivity index (χ4v) is 4.89. The van der Waals surface area contributed by atoms with E-state index in [-0.39, 0.29) is 16.5 Å². The molecule has 1 aliphatic heterocycles. The molecule has 0 bridgehead atoms. The molecular weight excluding hydrogens is 416 g/mol. The molecule has 1 saturated heterocycles. The second-order valence-corrected chi connectivity index (χ2v) is 9.09. The molecule has 0 N–H and O–H groups in total. The number of fused-ring (bicyclic) bond motifs is 2. The van der Waals surface area contributed by atoms with Crippen molar-refractivity contribution in [1.82, 2.24) is 9.55 Å². The van der Waals surface area contributed by atoms with Crippen molar-refractivity contribution in [3.63, 3.8) is 0 Å². The number of aromatic nitrogens is 2. The van der Waals surface area contributed by atoms with E-state index in [2.05, 4.69) is 17.9 Å². The lowest BCUT2D eigenvalue weighted by Crippen LogP contribution is -2.42. The van der Waals surface area contributed by atoms with Crippen LogP contribution in [0.15, 0.2) is 45.6 Å². The first-order valence-corrected chi connectivity index (χ1v) is 11.1. The number of nitrogens with zero attached hydrogens (tertiary/aromatic N) is 4. The van der Waals surface area contributed by atoms with Gasteiger partial charge in [0.15, 0.2) is 5.58 Å². The van der Waals surface area contributed by atoms with Gasteiger partial charge in [0.05, 0.1) is 18.3 Å². The summed E-state index contributed by atoms with van der Waals surface area (Å²) in [7, 11) is 3.27. The van der Waals surface area contributed by atoms with Crippen LogP contribution in [0.2, 0.25) is 0 Å². The molecule has 0 unspecified atom stereocenters. The number of anilines is 1. The van der Waals surface area contributed by atoms with E-state index >= 15 is 0 Å². The van der Waals surface area contributed by atoms with Gasteiger partial charge in [-0.25, -0.2) is 4.98 Å². The van der Waals surface area contributed by atoms with E-state index in [1.807, 2.05) is 43.3 Å². The summed E-state index contributed by atoms with van der Waals surface area (Å²) in [5.41, 5.74) is 3.85.